The molecule has 2 aliphatic rings. The molecule has 0 atom stereocenters. The molecule has 0 bridgehead atoms. The number of carbonyl (C=O) groups is 2. The molecule has 0 saturated carbocycles. The Morgan fingerprint density at radius 2 is 0.867 bits per heavy atom. The normalized spacial score (nSPS) is 16.3. The third-order valence-corrected chi connectivity index (χ3v) is 8.94. The van der Waals surface area contributed by atoms with Gasteiger partial charge in [0.05, 0.1) is 30.7 Å². The summed E-state index contributed by atoms with van der Waals surface area (Å²) < 4.78 is 52.2. The second-order valence-electron chi connectivity index (χ2n) is 6.88. The molecular weight excluding hydrogens is 432 g/mol. The number of fused-ring (bicyclic) bond motifs is 6. The molecule has 2 N–H and O–H groups in total. The maximum Gasteiger partial charge on any atom is 0.335 e. The van der Waals surface area contributed by atoms with Crippen LogP contribution in [-0.2, 0) is 19.7 Å². The van der Waals surface area contributed by atoms with Gasteiger partial charge >= 0.3 is 11.9 Å². The lowest BCUT2D eigenvalue weighted by Crippen LogP contribution is -2.01. The van der Waals surface area contributed by atoms with Crippen molar-refractivity contribution in [3.63, 3.8) is 0 Å². The highest BCUT2D eigenvalue weighted by molar-refractivity contribution is 7.92. The Balaban J connectivity index is 1.82. The molecule has 0 amide bonds. The first-order valence-corrected chi connectivity index (χ1v) is 11.4. The highest BCUT2D eigenvalue weighted by atomic mass is 32.2. The number of carboxylic acid groups (broad SMARTS) is 2. The minimum Gasteiger partial charge on any atom is -0.478 e. The first-order chi connectivity index (χ1) is 14.0. The summed E-state index contributed by atoms with van der Waals surface area (Å²) in [4.78, 5) is 21.8. The third kappa shape index (κ3) is 2.20. The van der Waals surface area contributed by atoms with Gasteiger partial charge in [-0.25, -0.2) is 26.4 Å². The third-order valence-electron chi connectivity index (χ3n) is 5.28. The molecule has 3 aromatic rings. The lowest BCUT2D eigenvalue weighted by molar-refractivity contribution is 0.0686. The maximum absolute atomic E-state index is 13.0. The van der Waals surface area contributed by atoms with Crippen LogP contribution in [-0.4, -0.2) is 39.0 Å². The number of hydrogen-bond donors (Lipinski definition) is 2. The van der Waals surface area contributed by atoms with Crippen molar-refractivity contribution in [3.05, 3.63) is 59.7 Å². The van der Waals surface area contributed by atoms with Crippen LogP contribution in [0.5, 0.6) is 0 Å². The molecule has 0 aromatic heterocycles. The predicted molar refractivity (Wildman–Crippen MR) is 102 cm³/mol. The van der Waals surface area contributed by atoms with Gasteiger partial charge in [0.25, 0.3) is 0 Å². The first-order valence-electron chi connectivity index (χ1n) is 8.47. The Hall–Kier alpha value is -3.50. The number of sulfone groups is 2. The van der Waals surface area contributed by atoms with Gasteiger partial charge in [0.2, 0.25) is 19.7 Å². The average Bonchev–Trinajstić information content (AvgIpc) is 3.06. The van der Waals surface area contributed by atoms with Crippen LogP contribution in [0.2, 0.25) is 0 Å². The van der Waals surface area contributed by atoms with Crippen molar-refractivity contribution in [2.75, 3.05) is 0 Å². The minimum absolute atomic E-state index is 0.121. The van der Waals surface area contributed by atoms with E-state index in [9.17, 15) is 26.4 Å². The lowest BCUT2D eigenvalue weighted by Gasteiger charge is -2.04. The second kappa shape index (κ2) is 5.55. The summed E-state index contributed by atoms with van der Waals surface area (Å²) in [6.07, 6.45) is 0. The lowest BCUT2D eigenvalue weighted by atomic mass is 9.99. The molecule has 0 unspecified atom stereocenters. The summed E-state index contributed by atoms with van der Waals surface area (Å²) in [7, 11) is -8.11. The smallest absolute Gasteiger partial charge is 0.335 e. The van der Waals surface area contributed by atoms with Gasteiger partial charge in [0, 0.05) is 22.3 Å². The molecule has 0 aliphatic carbocycles. The van der Waals surface area contributed by atoms with E-state index in [1.165, 1.54) is 36.4 Å². The second-order valence-corrected chi connectivity index (χ2v) is 10.7. The SMILES string of the molecule is O=C(O)c1ccc2c(c1)S(=O)(=O)c1cc3c(cc1-2)S(=O)(=O)c1cc(C(=O)O)ccc1-3. The number of carboxylic acids is 2. The number of hydrogen-bond acceptors (Lipinski definition) is 6. The fraction of sp³-hybridized carbons (Fsp3) is 0. The van der Waals surface area contributed by atoms with Crippen LogP contribution in [0.4, 0.5) is 0 Å². The Morgan fingerprint density at radius 3 is 1.20 bits per heavy atom. The Kier molecular flexibility index (Phi) is 3.43. The molecule has 150 valence electrons. The summed E-state index contributed by atoms with van der Waals surface area (Å²) in [6, 6.07) is 9.80. The molecule has 2 aliphatic heterocycles. The topological polar surface area (TPSA) is 143 Å². The summed E-state index contributed by atoms with van der Waals surface area (Å²) in [6.45, 7) is 0. The van der Waals surface area contributed by atoms with Crippen molar-refractivity contribution in [2.45, 2.75) is 19.6 Å². The van der Waals surface area contributed by atoms with Crippen LogP contribution in [0.3, 0.4) is 0 Å². The van der Waals surface area contributed by atoms with E-state index in [0.717, 1.165) is 12.1 Å². The Bertz CT molecular complexity index is 1450. The van der Waals surface area contributed by atoms with Gasteiger partial charge in [0.15, 0.2) is 0 Å². The quantitative estimate of drug-likeness (QED) is 0.425. The van der Waals surface area contributed by atoms with E-state index in [-0.39, 0.29) is 53.0 Å². The van der Waals surface area contributed by atoms with Gasteiger partial charge in [-0.3, -0.25) is 0 Å². The zero-order valence-electron chi connectivity index (χ0n) is 14.8. The Morgan fingerprint density at radius 1 is 0.533 bits per heavy atom. The molecule has 0 saturated heterocycles. The van der Waals surface area contributed by atoms with Crippen LogP contribution in [0.1, 0.15) is 20.7 Å². The first kappa shape index (κ1) is 18.5. The van der Waals surface area contributed by atoms with E-state index in [0.29, 0.717) is 0 Å². The molecule has 2 heterocycles. The molecule has 8 nitrogen and oxygen atoms in total. The molecule has 30 heavy (non-hydrogen) atoms. The molecule has 0 radical (unpaired) electrons. The van der Waals surface area contributed by atoms with E-state index in [2.05, 4.69) is 0 Å². The molecule has 0 spiro atoms. The zero-order chi connectivity index (χ0) is 21.6. The summed E-state index contributed by atoms with van der Waals surface area (Å²) in [5.74, 6) is -2.56. The number of aromatic carboxylic acids is 2. The van der Waals surface area contributed by atoms with Gasteiger partial charge in [-0.1, -0.05) is 12.1 Å². The van der Waals surface area contributed by atoms with E-state index in [4.69, 9.17) is 10.2 Å². The fourth-order valence-corrected chi connectivity index (χ4v) is 7.30. The van der Waals surface area contributed by atoms with E-state index >= 15 is 0 Å². The summed E-state index contributed by atoms with van der Waals surface area (Å²) in [5.41, 5.74) is 0.366. The largest absolute Gasteiger partial charge is 0.478 e. The zero-order valence-corrected chi connectivity index (χ0v) is 16.4. The van der Waals surface area contributed by atoms with E-state index in [1.54, 1.807) is 0 Å². The van der Waals surface area contributed by atoms with Gasteiger partial charge in [-0.2, -0.15) is 0 Å². The van der Waals surface area contributed by atoms with Crippen LogP contribution < -0.4 is 0 Å². The van der Waals surface area contributed by atoms with Crippen LogP contribution >= 0.6 is 0 Å². The van der Waals surface area contributed by atoms with Crippen molar-refractivity contribution in [1.82, 2.24) is 0 Å². The van der Waals surface area contributed by atoms with Crippen molar-refractivity contribution < 1.29 is 36.6 Å². The maximum atomic E-state index is 13.0. The van der Waals surface area contributed by atoms with Crippen LogP contribution in [0.15, 0.2) is 68.1 Å². The molecule has 10 heteroatoms. The van der Waals surface area contributed by atoms with Crippen LogP contribution in [0, 0.1) is 0 Å². The van der Waals surface area contributed by atoms with Crippen molar-refractivity contribution in [1.29, 1.82) is 0 Å². The summed E-state index contributed by atoms with van der Waals surface area (Å²) in [5, 5.41) is 18.3. The molecule has 5 rings (SSSR count). The minimum atomic E-state index is -4.06. The van der Waals surface area contributed by atoms with Crippen molar-refractivity contribution in [2.24, 2.45) is 0 Å². The standard InChI is InChI=1S/C20H10O8S2/c21-19(22)9-1-3-11-13-7-18-14(8-17(13)29(25,26)15(11)5-9)12-4-2-10(20(23)24)6-16(12)30(18,27)28/h1-8H,(H,21,22)(H,23,24). The molecule has 0 fully saturated rings. The van der Waals surface area contributed by atoms with Gasteiger partial charge < -0.3 is 10.2 Å². The predicted octanol–water partition coefficient (Wildman–Crippen LogP) is 2.71. The Labute approximate surface area is 169 Å². The van der Waals surface area contributed by atoms with Crippen LogP contribution in [0.25, 0.3) is 22.3 Å². The highest BCUT2D eigenvalue weighted by Gasteiger charge is 2.40. The molecular formula is C20H10O8S2. The fourth-order valence-electron chi connectivity index (χ4n) is 3.86. The van der Waals surface area contributed by atoms with Gasteiger partial charge in [0.1, 0.15) is 0 Å². The van der Waals surface area contributed by atoms with Crippen molar-refractivity contribution >= 4 is 31.6 Å². The number of benzene rings is 3. The highest BCUT2D eigenvalue weighted by Crippen LogP contribution is 2.51. The van der Waals surface area contributed by atoms with Gasteiger partial charge in [-0.05, 0) is 36.4 Å². The summed E-state index contributed by atoms with van der Waals surface area (Å²) >= 11 is 0. The number of rotatable bonds is 2. The van der Waals surface area contributed by atoms with E-state index in [1.807, 2.05) is 0 Å². The van der Waals surface area contributed by atoms with E-state index < -0.39 is 31.6 Å². The van der Waals surface area contributed by atoms with Gasteiger partial charge in [-0.15, -0.1) is 0 Å². The van der Waals surface area contributed by atoms with Crippen molar-refractivity contribution in [3.8, 4) is 22.3 Å². The monoisotopic (exact) mass is 442 g/mol. The molecule has 3 aromatic carbocycles. The average molecular weight is 442 g/mol.